The van der Waals surface area contributed by atoms with Crippen molar-refractivity contribution in [3.05, 3.63) is 24.2 Å². The van der Waals surface area contributed by atoms with Crippen LogP contribution in [0.5, 0.6) is 5.75 Å². The van der Waals surface area contributed by atoms with E-state index in [1.54, 1.807) is 19.4 Å². The van der Waals surface area contributed by atoms with Crippen LogP contribution >= 0.6 is 0 Å². The Labute approximate surface area is 93.5 Å². The van der Waals surface area contributed by atoms with Gasteiger partial charge in [-0.1, -0.05) is 19.0 Å². The van der Waals surface area contributed by atoms with Crippen molar-refractivity contribution in [2.24, 2.45) is 0 Å². The van der Waals surface area contributed by atoms with Crippen LogP contribution in [-0.2, 0) is 0 Å². The third-order valence-electron chi connectivity index (χ3n) is 2.14. The summed E-state index contributed by atoms with van der Waals surface area (Å²) in [5.74, 6) is 2.05. The number of aromatic nitrogens is 3. The van der Waals surface area contributed by atoms with Crippen LogP contribution in [0.1, 0.15) is 25.7 Å². The van der Waals surface area contributed by atoms with Crippen molar-refractivity contribution in [3.63, 3.8) is 0 Å². The van der Waals surface area contributed by atoms with Crippen LogP contribution in [-0.4, -0.2) is 22.2 Å². The van der Waals surface area contributed by atoms with E-state index in [0.29, 0.717) is 23.2 Å². The second-order valence-electron chi connectivity index (χ2n) is 3.69. The molecule has 0 radical (unpaired) electrons. The van der Waals surface area contributed by atoms with E-state index in [2.05, 4.69) is 15.1 Å². The number of pyridine rings is 1. The Balaban J connectivity index is 2.28. The molecule has 2 aromatic rings. The van der Waals surface area contributed by atoms with Gasteiger partial charge in [0, 0.05) is 5.92 Å². The van der Waals surface area contributed by atoms with Crippen molar-refractivity contribution < 1.29 is 9.26 Å². The number of hydrogen-bond acceptors (Lipinski definition) is 5. The van der Waals surface area contributed by atoms with Crippen molar-refractivity contribution in [2.75, 3.05) is 7.11 Å². The molecule has 0 unspecified atom stereocenters. The van der Waals surface area contributed by atoms with Crippen molar-refractivity contribution in [1.82, 2.24) is 15.1 Å². The smallest absolute Gasteiger partial charge is 0.229 e. The highest BCUT2D eigenvalue weighted by molar-refractivity contribution is 5.48. The second-order valence-corrected chi connectivity index (χ2v) is 3.69. The van der Waals surface area contributed by atoms with Gasteiger partial charge in [-0.15, -0.1) is 0 Å². The molecule has 0 amide bonds. The molecule has 16 heavy (non-hydrogen) atoms. The van der Waals surface area contributed by atoms with E-state index < -0.39 is 0 Å². The fraction of sp³-hybridized carbons (Fsp3) is 0.364. The zero-order valence-corrected chi connectivity index (χ0v) is 9.47. The van der Waals surface area contributed by atoms with Crippen LogP contribution in [0.2, 0.25) is 0 Å². The lowest BCUT2D eigenvalue weighted by atomic mass is 10.2. The molecule has 0 aliphatic carbocycles. The van der Waals surface area contributed by atoms with E-state index in [4.69, 9.17) is 9.26 Å². The lowest BCUT2D eigenvalue weighted by Gasteiger charge is -1.98. The molecule has 0 spiro atoms. The van der Waals surface area contributed by atoms with E-state index in [1.165, 1.54) is 0 Å². The third-order valence-corrected chi connectivity index (χ3v) is 2.14. The largest absolute Gasteiger partial charge is 0.495 e. The third kappa shape index (κ3) is 2.03. The summed E-state index contributed by atoms with van der Waals surface area (Å²) in [7, 11) is 1.60. The molecule has 0 aromatic carbocycles. The topological polar surface area (TPSA) is 61.0 Å². The standard InChI is InChI=1S/C11H13N3O2/c1-7(2)11-13-10(14-16-11)9-5-4-8(15-3)6-12-9/h4-7H,1-3H3. The highest BCUT2D eigenvalue weighted by Gasteiger charge is 2.12. The Bertz CT molecular complexity index is 462. The first-order chi connectivity index (χ1) is 7.70. The summed E-state index contributed by atoms with van der Waals surface area (Å²) in [5, 5.41) is 3.87. The number of hydrogen-bond donors (Lipinski definition) is 0. The van der Waals surface area contributed by atoms with Crippen molar-refractivity contribution in [3.8, 4) is 17.3 Å². The molecule has 0 saturated carbocycles. The van der Waals surface area contributed by atoms with Crippen LogP contribution < -0.4 is 4.74 Å². The Hall–Kier alpha value is -1.91. The summed E-state index contributed by atoms with van der Waals surface area (Å²) < 4.78 is 10.1. The van der Waals surface area contributed by atoms with Gasteiger partial charge in [0.1, 0.15) is 11.4 Å². The SMILES string of the molecule is COc1ccc(-c2noc(C(C)C)n2)nc1. The Kier molecular flexibility index (Phi) is 2.85. The average Bonchev–Trinajstić information content (AvgIpc) is 2.78. The molecule has 0 aliphatic heterocycles. The minimum absolute atomic E-state index is 0.222. The molecular weight excluding hydrogens is 206 g/mol. The van der Waals surface area contributed by atoms with Crippen LogP contribution in [0.3, 0.4) is 0 Å². The molecule has 0 N–H and O–H groups in total. The van der Waals surface area contributed by atoms with E-state index in [-0.39, 0.29) is 5.92 Å². The highest BCUT2D eigenvalue weighted by Crippen LogP contribution is 2.19. The predicted molar refractivity (Wildman–Crippen MR) is 58.2 cm³/mol. The maximum absolute atomic E-state index is 5.10. The molecule has 0 atom stereocenters. The van der Waals surface area contributed by atoms with Gasteiger partial charge in [-0.25, -0.2) is 4.98 Å². The lowest BCUT2D eigenvalue weighted by Crippen LogP contribution is -1.89. The minimum Gasteiger partial charge on any atom is -0.495 e. The quantitative estimate of drug-likeness (QED) is 0.792. The molecule has 2 rings (SSSR count). The fourth-order valence-electron chi connectivity index (χ4n) is 1.21. The molecule has 0 fully saturated rings. The first-order valence-corrected chi connectivity index (χ1v) is 5.04. The van der Waals surface area contributed by atoms with Crippen LogP contribution in [0, 0.1) is 0 Å². The molecule has 0 saturated heterocycles. The van der Waals surface area contributed by atoms with E-state index in [1.807, 2.05) is 19.9 Å². The molecular formula is C11H13N3O2. The van der Waals surface area contributed by atoms with Gasteiger partial charge in [-0.2, -0.15) is 4.98 Å². The Morgan fingerprint density at radius 2 is 2.12 bits per heavy atom. The number of ether oxygens (including phenoxy) is 1. The molecule has 0 aliphatic rings. The Morgan fingerprint density at radius 3 is 2.62 bits per heavy atom. The van der Waals surface area contributed by atoms with E-state index in [0.717, 1.165) is 0 Å². The summed E-state index contributed by atoms with van der Waals surface area (Å²) in [6.07, 6.45) is 1.63. The predicted octanol–water partition coefficient (Wildman–Crippen LogP) is 2.26. The molecule has 2 aromatic heterocycles. The van der Waals surface area contributed by atoms with E-state index >= 15 is 0 Å². The van der Waals surface area contributed by atoms with Crippen LogP contribution in [0.4, 0.5) is 0 Å². The first kappa shape index (κ1) is 10.6. The van der Waals surface area contributed by atoms with E-state index in [9.17, 15) is 0 Å². The van der Waals surface area contributed by atoms with Gasteiger partial charge < -0.3 is 9.26 Å². The highest BCUT2D eigenvalue weighted by atomic mass is 16.5. The van der Waals surface area contributed by atoms with Gasteiger partial charge in [0.15, 0.2) is 0 Å². The van der Waals surface area contributed by atoms with Gasteiger partial charge in [-0.05, 0) is 12.1 Å². The van der Waals surface area contributed by atoms with Crippen molar-refractivity contribution in [2.45, 2.75) is 19.8 Å². The normalized spacial score (nSPS) is 10.8. The maximum Gasteiger partial charge on any atom is 0.229 e. The summed E-state index contributed by atoms with van der Waals surface area (Å²) in [6, 6.07) is 3.61. The van der Waals surface area contributed by atoms with Gasteiger partial charge >= 0.3 is 0 Å². The molecule has 5 nitrogen and oxygen atoms in total. The van der Waals surface area contributed by atoms with Gasteiger partial charge in [-0.3, -0.25) is 0 Å². The summed E-state index contributed by atoms with van der Waals surface area (Å²) in [5.41, 5.74) is 0.677. The minimum atomic E-state index is 0.222. The van der Waals surface area contributed by atoms with Gasteiger partial charge in [0.2, 0.25) is 11.7 Å². The number of methoxy groups -OCH3 is 1. The number of nitrogens with zero attached hydrogens (tertiary/aromatic N) is 3. The zero-order valence-electron chi connectivity index (χ0n) is 9.47. The summed E-state index contributed by atoms with van der Waals surface area (Å²) >= 11 is 0. The van der Waals surface area contributed by atoms with Gasteiger partial charge in [0.25, 0.3) is 0 Å². The second kappa shape index (κ2) is 4.30. The lowest BCUT2D eigenvalue weighted by molar-refractivity contribution is 0.365. The molecule has 84 valence electrons. The van der Waals surface area contributed by atoms with Crippen LogP contribution in [0.25, 0.3) is 11.5 Å². The van der Waals surface area contributed by atoms with Crippen molar-refractivity contribution in [1.29, 1.82) is 0 Å². The zero-order chi connectivity index (χ0) is 11.5. The Morgan fingerprint density at radius 1 is 1.31 bits per heavy atom. The van der Waals surface area contributed by atoms with Crippen molar-refractivity contribution >= 4 is 0 Å². The van der Waals surface area contributed by atoms with Gasteiger partial charge in [0.05, 0.1) is 13.3 Å². The molecule has 2 heterocycles. The summed E-state index contributed by atoms with van der Waals surface area (Å²) in [4.78, 5) is 8.44. The number of rotatable bonds is 3. The fourth-order valence-corrected chi connectivity index (χ4v) is 1.21. The van der Waals surface area contributed by atoms with Crippen LogP contribution in [0.15, 0.2) is 22.9 Å². The molecule has 5 heteroatoms. The monoisotopic (exact) mass is 219 g/mol. The maximum atomic E-state index is 5.10. The summed E-state index contributed by atoms with van der Waals surface area (Å²) in [6.45, 7) is 4.00. The molecule has 0 bridgehead atoms. The first-order valence-electron chi connectivity index (χ1n) is 5.04. The average molecular weight is 219 g/mol.